The topological polar surface area (TPSA) is 47.2 Å². The number of aromatic nitrogens is 2. The van der Waals surface area contributed by atoms with E-state index in [2.05, 4.69) is 37.3 Å². The smallest absolute Gasteiger partial charge is 0.278 e. The monoisotopic (exact) mass is 320 g/mol. The molecule has 0 bridgehead atoms. The fraction of sp³-hybridized carbons (Fsp3) is 0.250. The molecule has 24 heavy (non-hydrogen) atoms. The molecular weight excluding hydrogens is 300 g/mol. The summed E-state index contributed by atoms with van der Waals surface area (Å²) in [6, 6.07) is 14.4. The quantitative estimate of drug-likeness (QED) is 0.782. The van der Waals surface area contributed by atoms with Gasteiger partial charge < -0.3 is 5.11 Å². The highest BCUT2D eigenvalue weighted by molar-refractivity contribution is 5.77. The molecule has 0 amide bonds. The molecule has 0 fully saturated rings. The first kappa shape index (κ1) is 14.8. The Labute approximate surface area is 140 Å². The second-order valence-electron chi connectivity index (χ2n) is 6.50. The lowest BCUT2D eigenvalue weighted by atomic mass is 9.96. The Morgan fingerprint density at radius 1 is 0.917 bits per heavy atom. The summed E-state index contributed by atoms with van der Waals surface area (Å²) in [7, 11) is 0. The van der Waals surface area contributed by atoms with Crippen molar-refractivity contribution in [1.29, 1.82) is 0 Å². The van der Waals surface area contributed by atoms with Crippen LogP contribution in [-0.4, -0.2) is 14.5 Å². The van der Waals surface area contributed by atoms with Gasteiger partial charge in [0.1, 0.15) is 5.56 Å². The van der Waals surface area contributed by atoms with Gasteiger partial charge in [-0.25, -0.2) is 4.68 Å². The molecule has 4 rings (SSSR count). The van der Waals surface area contributed by atoms with Gasteiger partial charge in [0, 0.05) is 13.1 Å². The molecule has 1 N–H and O–H groups in total. The van der Waals surface area contributed by atoms with E-state index in [1.54, 1.807) is 9.36 Å². The molecule has 2 aromatic carbocycles. The van der Waals surface area contributed by atoms with Crippen molar-refractivity contribution in [3.05, 3.63) is 63.9 Å². The second kappa shape index (κ2) is 5.41. The van der Waals surface area contributed by atoms with E-state index in [1.807, 2.05) is 19.1 Å². The van der Waals surface area contributed by atoms with Gasteiger partial charge >= 0.3 is 0 Å². The molecule has 1 aromatic heterocycles. The molecule has 0 aliphatic carbocycles. The van der Waals surface area contributed by atoms with Gasteiger partial charge in [-0.15, -0.1) is 0 Å². The maximum Gasteiger partial charge on any atom is 0.278 e. The molecule has 0 spiro atoms. The third-order valence-electron chi connectivity index (χ3n) is 4.84. The van der Waals surface area contributed by atoms with Gasteiger partial charge in [0.2, 0.25) is 5.88 Å². The summed E-state index contributed by atoms with van der Waals surface area (Å²) in [6.07, 6.45) is 0.894. The van der Waals surface area contributed by atoms with Crippen LogP contribution in [0.3, 0.4) is 0 Å². The van der Waals surface area contributed by atoms with Crippen LogP contribution in [0.4, 0.5) is 0 Å². The van der Waals surface area contributed by atoms with Gasteiger partial charge in [0.25, 0.3) is 5.56 Å². The van der Waals surface area contributed by atoms with Crippen molar-refractivity contribution < 1.29 is 5.11 Å². The van der Waals surface area contributed by atoms with Crippen LogP contribution in [0.1, 0.15) is 17.5 Å². The van der Waals surface area contributed by atoms with E-state index in [9.17, 15) is 9.90 Å². The fourth-order valence-corrected chi connectivity index (χ4v) is 3.45. The Morgan fingerprint density at radius 3 is 2.29 bits per heavy atom. The lowest BCUT2D eigenvalue weighted by Crippen LogP contribution is -2.17. The van der Waals surface area contributed by atoms with E-state index in [0.717, 1.165) is 28.7 Å². The van der Waals surface area contributed by atoms with Crippen LogP contribution < -0.4 is 5.56 Å². The zero-order valence-electron chi connectivity index (χ0n) is 13.9. The number of rotatable bonds is 2. The van der Waals surface area contributed by atoms with Crippen molar-refractivity contribution in [3.8, 4) is 28.1 Å². The zero-order valence-corrected chi connectivity index (χ0v) is 13.9. The van der Waals surface area contributed by atoms with Gasteiger partial charge in [0.15, 0.2) is 0 Å². The average Bonchev–Trinajstić information content (AvgIpc) is 3.14. The summed E-state index contributed by atoms with van der Waals surface area (Å²) in [5, 5.41) is 10.5. The van der Waals surface area contributed by atoms with Gasteiger partial charge in [-0.3, -0.25) is 9.48 Å². The standard InChI is InChI=1S/C20H20N2O2/c1-13-4-7-15(8-5-13)16-9-6-14(2)17(12-16)18-19(23)21-10-3-11-22(21)20(18)24/h4-9,12,23H,3,10-11H2,1-2H3. The van der Waals surface area contributed by atoms with Crippen molar-refractivity contribution in [2.75, 3.05) is 0 Å². The van der Waals surface area contributed by atoms with Gasteiger partial charge in [0.05, 0.1) is 0 Å². The Morgan fingerprint density at radius 2 is 1.58 bits per heavy atom. The maximum absolute atomic E-state index is 12.7. The molecule has 1 aliphatic heterocycles. The number of hydrogen-bond acceptors (Lipinski definition) is 2. The summed E-state index contributed by atoms with van der Waals surface area (Å²) in [4.78, 5) is 12.7. The fourth-order valence-electron chi connectivity index (χ4n) is 3.45. The molecular formula is C20H20N2O2. The minimum atomic E-state index is -0.103. The highest BCUT2D eigenvalue weighted by Gasteiger charge is 2.25. The summed E-state index contributed by atoms with van der Waals surface area (Å²) in [6.45, 7) is 5.40. The lowest BCUT2D eigenvalue weighted by Gasteiger charge is -2.09. The van der Waals surface area contributed by atoms with E-state index < -0.39 is 0 Å². The number of benzene rings is 2. The molecule has 3 aromatic rings. The van der Waals surface area contributed by atoms with Crippen molar-refractivity contribution in [2.24, 2.45) is 0 Å². The Bertz CT molecular complexity index is 978. The van der Waals surface area contributed by atoms with E-state index in [4.69, 9.17) is 0 Å². The van der Waals surface area contributed by atoms with Crippen LogP contribution >= 0.6 is 0 Å². The third-order valence-corrected chi connectivity index (χ3v) is 4.84. The Kier molecular flexibility index (Phi) is 3.34. The van der Waals surface area contributed by atoms with Crippen LogP contribution in [0.5, 0.6) is 5.88 Å². The first-order valence-electron chi connectivity index (χ1n) is 8.27. The van der Waals surface area contributed by atoms with Gasteiger partial charge in [-0.2, -0.15) is 0 Å². The predicted octanol–water partition coefficient (Wildman–Crippen LogP) is 3.71. The van der Waals surface area contributed by atoms with Crippen molar-refractivity contribution in [3.63, 3.8) is 0 Å². The van der Waals surface area contributed by atoms with E-state index >= 15 is 0 Å². The van der Waals surface area contributed by atoms with Crippen LogP contribution in [0.2, 0.25) is 0 Å². The third kappa shape index (κ3) is 2.18. The number of hydrogen-bond donors (Lipinski definition) is 1. The second-order valence-corrected chi connectivity index (χ2v) is 6.50. The molecule has 0 unspecified atom stereocenters. The summed E-state index contributed by atoms with van der Waals surface area (Å²) < 4.78 is 3.33. The molecule has 1 aliphatic rings. The minimum absolute atomic E-state index is 0.0849. The summed E-state index contributed by atoms with van der Waals surface area (Å²) in [5.74, 6) is 0.0849. The normalized spacial score (nSPS) is 13.2. The SMILES string of the molecule is Cc1ccc(-c2ccc(C)c(-c3c(O)n4n(c3=O)CCC4)c2)cc1. The predicted molar refractivity (Wildman–Crippen MR) is 95.3 cm³/mol. The van der Waals surface area contributed by atoms with Crippen molar-refractivity contribution in [1.82, 2.24) is 9.36 Å². The summed E-state index contributed by atoms with van der Waals surface area (Å²) >= 11 is 0. The lowest BCUT2D eigenvalue weighted by molar-refractivity contribution is 0.399. The van der Waals surface area contributed by atoms with E-state index in [-0.39, 0.29) is 11.4 Å². The Hall–Kier alpha value is -2.75. The van der Waals surface area contributed by atoms with Crippen LogP contribution in [0.15, 0.2) is 47.3 Å². The van der Waals surface area contributed by atoms with Gasteiger partial charge in [-0.05, 0) is 48.6 Å². The molecule has 0 atom stereocenters. The first-order chi connectivity index (χ1) is 11.6. The van der Waals surface area contributed by atoms with Crippen molar-refractivity contribution >= 4 is 0 Å². The van der Waals surface area contributed by atoms with Gasteiger partial charge in [-0.1, -0.05) is 42.0 Å². The summed E-state index contributed by atoms with van der Waals surface area (Å²) in [5.41, 5.74) is 5.48. The largest absolute Gasteiger partial charge is 0.493 e. The molecule has 0 radical (unpaired) electrons. The number of fused-ring (bicyclic) bond motifs is 1. The molecule has 122 valence electrons. The minimum Gasteiger partial charge on any atom is -0.493 e. The first-order valence-corrected chi connectivity index (χ1v) is 8.27. The zero-order chi connectivity index (χ0) is 16.8. The molecule has 0 saturated carbocycles. The Balaban J connectivity index is 1.89. The molecule has 0 saturated heterocycles. The van der Waals surface area contributed by atoms with Crippen LogP contribution in [-0.2, 0) is 13.1 Å². The average molecular weight is 320 g/mol. The maximum atomic E-state index is 12.7. The molecule has 4 nitrogen and oxygen atoms in total. The van der Waals surface area contributed by atoms with Crippen LogP contribution in [0.25, 0.3) is 22.3 Å². The number of aryl methyl sites for hydroxylation is 2. The van der Waals surface area contributed by atoms with Crippen molar-refractivity contribution in [2.45, 2.75) is 33.4 Å². The highest BCUT2D eigenvalue weighted by Crippen LogP contribution is 2.34. The van der Waals surface area contributed by atoms with E-state index in [1.165, 1.54) is 5.56 Å². The highest BCUT2D eigenvalue weighted by atomic mass is 16.3. The molecule has 2 heterocycles. The number of aromatic hydroxyl groups is 1. The molecule has 4 heteroatoms. The van der Waals surface area contributed by atoms with E-state index in [0.29, 0.717) is 18.7 Å². The van der Waals surface area contributed by atoms with Crippen LogP contribution in [0, 0.1) is 13.8 Å². The number of nitrogens with zero attached hydrogens (tertiary/aromatic N) is 2.